The molecule has 9 heteroatoms. The van der Waals surface area contributed by atoms with Gasteiger partial charge < -0.3 is 0 Å². The molecule has 5 aromatic rings. The summed E-state index contributed by atoms with van der Waals surface area (Å²) in [5.74, 6) is 1.24. The Labute approximate surface area is 191 Å². The molecule has 0 amide bonds. The molecule has 154 valence electrons. The van der Waals surface area contributed by atoms with Gasteiger partial charge in [-0.3, -0.25) is 13.8 Å². The van der Waals surface area contributed by atoms with Gasteiger partial charge in [0.15, 0.2) is 11.0 Å². The van der Waals surface area contributed by atoms with Crippen molar-refractivity contribution in [2.24, 2.45) is 0 Å². The predicted molar refractivity (Wildman–Crippen MR) is 125 cm³/mol. The molecule has 6 nitrogen and oxygen atoms in total. The molecular formula is C22H16ClN5OS2. The van der Waals surface area contributed by atoms with E-state index < -0.39 is 0 Å². The molecule has 0 aliphatic rings. The van der Waals surface area contributed by atoms with Gasteiger partial charge in [-0.15, -0.1) is 21.5 Å². The molecule has 4 aromatic heterocycles. The van der Waals surface area contributed by atoms with Crippen molar-refractivity contribution < 1.29 is 0 Å². The minimum absolute atomic E-state index is 0.0973. The number of hydrogen-bond acceptors (Lipinski definition) is 6. The molecule has 0 saturated heterocycles. The molecule has 4 heterocycles. The number of nitrogens with zero attached hydrogens (tertiary/aromatic N) is 5. The monoisotopic (exact) mass is 465 g/mol. The summed E-state index contributed by atoms with van der Waals surface area (Å²) in [6.45, 7) is 1.95. The van der Waals surface area contributed by atoms with Crippen molar-refractivity contribution in [2.45, 2.75) is 17.8 Å². The number of aryl methyl sites for hydroxylation is 1. The molecule has 1 aromatic carbocycles. The number of thiophene rings is 1. The number of halogens is 1. The molecule has 0 bridgehead atoms. The molecule has 0 unspecified atom stereocenters. The minimum atomic E-state index is -0.0973. The average molecular weight is 466 g/mol. The smallest absolute Gasteiger partial charge is 0.258 e. The molecule has 0 fully saturated rings. The SMILES string of the molecule is Cc1ccc2nc(CSc3nnc(-c4cccs4)n3-c3cccc(Cl)c3)cc(=O)n2c1. The predicted octanol–water partition coefficient (Wildman–Crippen LogP) is 5.26. The van der Waals surface area contributed by atoms with E-state index in [1.165, 1.54) is 11.8 Å². The summed E-state index contributed by atoms with van der Waals surface area (Å²) < 4.78 is 3.55. The number of pyridine rings is 1. The number of fused-ring (bicyclic) bond motifs is 1. The van der Waals surface area contributed by atoms with Crippen molar-refractivity contribution >= 4 is 40.3 Å². The van der Waals surface area contributed by atoms with Crippen molar-refractivity contribution in [3.63, 3.8) is 0 Å². The van der Waals surface area contributed by atoms with Crippen LogP contribution in [0.4, 0.5) is 0 Å². The number of benzene rings is 1. The van der Waals surface area contributed by atoms with Crippen LogP contribution in [0, 0.1) is 6.92 Å². The molecule has 5 rings (SSSR count). The van der Waals surface area contributed by atoms with Crippen molar-refractivity contribution in [3.05, 3.63) is 92.8 Å². The Bertz CT molecular complexity index is 1440. The van der Waals surface area contributed by atoms with Crippen LogP contribution in [0.25, 0.3) is 22.0 Å². The Morgan fingerprint density at radius 2 is 2.00 bits per heavy atom. The lowest BCUT2D eigenvalue weighted by Gasteiger charge is -2.10. The van der Waals surface area contributed by atoms with Crippen LogP contribution in [0.5, 0.6) is 0 Å². The Morgan fingerprint density at radius 3 is 2.81 bits per heavy atom. The fraction of sp³-hybridized carbons (Fsp3) is 0.0909. The third-order valence-corrected chi connectivity index (χ3v) is 6.71. The highest BCUT2D eigenvalue weighted by molar-refractivity contribution is 7.98. The summed E-state index contributed by atoms with van der Waals surface area (Å²) in [6, 6.07) is 17.0. The second-order valence-corrected chi connectivity index (χ2v) is 9.23. The molecule has 0 saturated carbocycles. The summed E-state index contributed by atoms with van der Waals surface area (Å²) in [5, 5.41) is 12.2. The molecule has 0 N–H and O–H groups in total. The lowest BCUT2D eigenvalue weighted by molar-refractivity contribution is 0.885. The maximum atomic E-state index is 12.5. The van der Waals surface area contributed by atoms with Crippen LogP contribution in [0.1, 0.15) is 11.3 Å². The Morgan fingerprint density at radius 1 is 1.10 bits per heavy atom. The molecule has 0 aliphatic carbocycles. The molecule has 0 radical (unpaired) electrons. The standard InChI is InChI=1S/C22H16ClN5OS2/c1-14-7-8-19-24-16(11-20(29)27(19)12-14)13-31-22-26-25-21(18-6-3-9-30-18)28(22)17-5-2-4-15(23)10-17/h2-12H,13H2,1H3. The summed E-state index contributed by atoms with van der Waals surface area (Å²) >= 11 is 9.32. The number of rotatable bonds is 5. The first-order chi connectivity index (χ1) is 15.1. The van der Waals surface area contributed by atoms with Crippen LogP contribution in [0.15, 0.2) is 76.1 Å². The summed E-state index contributed by atoms with van der Waals surface area (Å²) in [7, 11) is 0. The van der Waals surface area contributed by atoms with Crippen LogP contribution < -0.4 is 5.56 Å². The zero-order valence-corrected chi connectivity index (χ0v) is 18.8. The van der Waals surface area contributed by atoms with Crippen molar-refractivity contribution in [1.82, 2.24) is 24.1 Å². The number of aromatic nitrogens is 5. The van der Waals surface area contributed by atoms with E-state index in [0.717, 1.165) is 22.0 Å². The lowest BCUT2D eigenvalue weighted by atomic mass is 10.3. The van der Waals surface area contributed by atoms with Crippen molar-refractivity contribution in [1.29, 1.82) is 0 Å². The summed E-state index contributed by atoms with van der Waals surface area (Å²) in [5.41, 5.74) is 3.11. The summed E-state index contributed by atoms with van der Waals surface area (Å²) in [6.07, 6.45) is 1.80. The molecule has 0 atom stereocenters. The Balaban J connectivity index is 1.52. The van der Waals surface area contributed by atoms with E-state index in [4.69, 9.17) is 11.6 Å². The first-order valence-corrected chi connectivity index (χ1v) is 11.7. The van der Waals surface area contributed by atoms with Crippen molar-refractivity contribution in [2.75, 3.05) is 0 Å². The topological polar surface area (TPSA) is 65.1 Å². The Hall–Kier alpha value is -2.94. The van der Waals surface area contributed by atoms with Gasteiger partial charge >= 0.3 is 0 Å². The average Bonchev–Trinajstić information content (AvgIpc) is 3.42. The third kappa shape index (κ3) is 4.01. The van der Waals surface area contributed by atoms with Gasteiger partial charge in [0.1, 0.15) is 5.65 Å². The van der Waals surface area contributed by atoms with E-state index in [0.29, 0.717) is 27.3 Å². The molecular weight excluding hydrogens is 450 g/mol. The highest BCUT2D eigenvalue weighted by Crippen LogP contribution is 2.32. The van der Waals surface area contributed by atoms with E-state index in [-0.39, 0.29) is 5.56 Å². The number of thioether (sulfide) groups is 1. The fourth-order valence-electron chi connectivity index (χ4n) is 3.25. The zero-order chi connectivity index (χ0) is 21.4. The van der Waals surface area contributed by atoms with E-state index in [1.54, 1.807) is 28.0 Å². The van der Waals surface area contributed by atoms with Crippen LogP contribution >= 0.6 is 34.7 Å². The van der Waals surface area contributed by atoms with Crippen LogP contribution in [0.2, 0.25) is 5.02 Å². The van der Waals surface area contributed by atoms with Gasteiger partial charge in [0.25, 0.3) is 5.56 Å². The second kappa shape index (κ2) is 8.30. The van der Waals surface area contributed by atoms with Gasteiger partial charge in [-0.25, -0.2) is 4.98 Å². The van der Waals surface area contributed by atoms with Gasteiger partial charge in [0.2, 0.25) is 0 Å². The van der Waals surface area contributed by atoms with Crippen LogP contribution in [-0.4, -0.2) is 24.1 Å². The molecule has 31 heavy (non-hydrogen) atoms. The van der Waals surface area contributed by atoms with Crippen LogP contribution in [0.3, 0.4) is 0 Å². The van der Waals surface area contributed by atoms with E-state index in [1.807, 2.05) is 65.4 Å². The lowest BCUT2D eigenvalue weighted by Crippen LogP contribution is -2.15. The van der Waals surface area contributed by atoms with Gasteiger partial charge in [-0.2, -0.15) is 0 Å². The normalized spacial score (nSPS) is 11.3. The third-order valence-electron chi connectivity index (χ3n) is 4.65. The fourth-order valence-corrected chi connectivity index (χ4v) is 4.97. The van der Waals surface area contributed by atoms with E-state index >= 15 is 0 Å². The van der Waals surface area contributed by atoms with Gasteiger partial charge in [0.05, 0.1) is 16.3 Å². The minimum Gasteiger partial charge on any atom is -0.269 e. The maximum absolute atomic E-state index is 12.5. The largest absolute Gasteiger partial charge is 0.269 e. The zero-order valence-electron chi connectivity index (χ0n) is 16.4. The highest BCUT2D eigenvalue weighted by Gasteiger charge is 2.17. The van der Waals surface area contributed by atoms with Gasteiger partial charge in [0, 0.05) is 23.0 Å². The first kappa shape index (κ1) is 20.0. The van der Waals surface area contributed by atoms with Gasteiger partial charge in [-0.05, 0) is 48.2 Å². The first-order valence-electron chi connectivity index (χ1n) is 9.45. The quantitative estimate of drug-likeness (QED) is 0.331. The van der Waals surface area contributed by atoms with Gasteiger partial charge in [-0.1, -0.05) is 41.6 Å². The Kier molecular flexibility index (Phi) is 5.35. The summed E-state index contributed by atoms with van der Waals surface area (Å²) in [4.78, 5) is 18.2. The van der Waals surface area contributed by atoms with E-state index in [9.17, 15) is 4.79 Å². The number of hydrogen-bond donors (Lipinski definition) is 0. The molecule has 0 spiro atoms. The van der Waals surface area contributed by atoms with E-state index in [2.05, 4.69) is 15.2 Å². The maximum Gasteiger partial charge on any atom is 0.258 e. The van der Waals surface area contributed by atoms with Crippen molar-refractivity contribution in [3.8, 4) is 16.4 Å². The molecule has 0 aliphatic heterocycles. The second-order valence-electron chi connectivity index (χ2n) is 6.91. The van der Waals surface area contributed by atoms with Crippen LogP contribution in [-0.2, 0) is 5.75 Å². The highest BCUT2D eigenvalue weighted by atomic mass is 35.5.